The van der Waals surface area contributed by atoms with Crippen molar-refractivity contribution >= 4 is 5.96 Å². The number of guanidine groups is 1. The van der Waals surface area contributed by atoms with Crippen LogP contribution in [0, 0.1) is 11.3 Å². The number of hydrogen-bond acceptors (Lipinski definition) is 1. The Balaban J connectivity index is 2.08. The summed E-state index contributed by atoms with van der Waals surface area (Å²) in [5.41, 5.74) is 5.16. The Morgan fingerprint density at radius 3 is 2.70 bits per heavy atom. The van der Waals surface area contributed by atoms with E-state index in [0.29, 0.717) is 6.04 Å². The molecule has 0 spiro atoms. The predicted molar refractivity (Wildman–Crippen MR) is 41.9 cm³/mol. The molecule has 1 rings (SSSR count). The minimum absolute atomic E-state index is 0.111. The van der Waals surface area contributed by atoms with Crippen LogP contribution < -0.4 is 11.1 Å². The Labute approximate surface area is 61.5 Å². The summed E-state index contributed by atoms with van der Waals surface area (Å²) in [5.74, 6) is 0.983. The monoisotopic (exact) mass is 141 g/mol. The van der Waals surface area contributed by atoms with E-state index in [1.54, 1.807) is 0 Å². The van der Waals surface area contributed by atoms with Gasteiger partial charge in [0, 0.05) is 6.04 Å². The van der Waals surface area contributed by atoms with E-state index in [4.69, 9.17) is 11.1 Å². The molecule has 1 aliphatic rings. The molecule has 0 heterocycles. The quantitative estimate of drug-likeness (QED) is 0.391. The summed E-state index contributed by atoms with van der Waals surface area (Å²) >= 11 is 0. The van der Waals surface area contributed by atoms with Crippen molar-refractivity contribution in [1.82, 2.24) is 5.32 Å². The first kappa shape index (κ1) is 7.38. The third-order valence-electron chi connectivity index (χ3n) is 2.17. The van der Waals surface area contributed by atoms with Gasteiger partial charge in [0.15, 0.2) is 5.96 Å². The van der Waals surface area contributed by atoms with Gasteiger partial charge in [0.2, 0.25) is 0 Å². The van der Waals surface area contributed by atoms with E-state index >= 15 is 0 Å². The maximum Gasteiger partial charge on any atom is 0.185 e. The Morgan fingerprint density at radius 2 is 2.30 bits per heavy atom. The maximum absolute atomic E-state index is 6.95. The summed E-state index contributed by atoms with van der Waals surface area (Å²) in [5, 5.41) is 9.86. The molecule has 1 saturated carbocycles. The van der Waals surface area contributed by atoms with E-state index < -0.39 is 0 Å². The van der Waals surface area contributed by atoms with Gasteiger partial charge in [-0.05, 0) is 18.8 Å². The van der Waals surface area contributed by atoms with Crippen LogP contribution in [-0.2, 0) is 0 Å². The van der Waals surface area contributed by atoms with Crippen LogP contribution in [-0.4, -0.2) is 12.0 Å². The zero-order chi connectivity index (χ0) is 7.56. The largest absolute Gasteiger partial charge is 0.370 e. The van der Waals surface area contributed by atoms with E-state index in [9.17, 15) is 0 Å². The van der Waals surface area contributed by atoms with E-state index in [0.717, 1.165) is 5.92 Å². The summed E-state index contributed by atoms with van der Waals surface area (Å²) < 4.78 is 0. The predicted octanol–water partition coefficient (Wildman–Crippen LogP) is 0.658. The van der Waals surface area contributed by atoms with Crippen LogP contribution in [0.15, 0.2) is 0 Å². The number of nitrogens with two attached hydrogens (primary N) is 1. The fourth-order valence-corrected chi connectivity index (χ4v) is 1.41. The Hall–Kier alpha value is -0.730. The molecule has 0 aromatic heterocycles. The maximum atomic E-state index is 6.95. The molecule has 4 N–H and O–H groups in total. The van der Waals surface area contributed by atoms with Gasteiger partial charge in [-0.1, -0.05) is 13.3 Å². The average Bonchev–Trinajstić information content (AvgIpc) is 1.76. The molecule has 0 aliphatic heterocycles. The molecule has 0 bridgehead atoms. The molecule has 3 heteroatoms. The van der Waals surface area contributed by atoms with Gasteiger partial charge in [0.05, 0.1) is 0 Å². The molecule has 0 aromatic carbocycles. The number of hydrogen-bond donors (Lipinski definition) is 3. The fourth-order valence-electron chi connectivity index (χ4n) is 1.41. The van der Waals surface area contributed by atoms with Gasteiger partial charge in [-0.15, -0.1) is 0 Å². The zero-order valence-corrected chi connectivity index (χ0v) is 6.35. The third-order valence-corrected chi connectivity index (χ3v) is 2.17. The SMILES string of the molecule is CC[C@H]1C[C@@H](NC(=N)N)C1. The summed E-state index contributed by atoms with van der Waals surface area (Å²) in [6, 6.07) is 0.488. The van der Waals surface area contributed by atoms with Crippen LogP contribution >= 0.6 is 0 Å². The topological polar surface area (TPSA) is 61.9 Å². The molecule has 1 aliphatic carbocycles. The number of rotatable bonds is 2. The van der Waals surface area contributed by atoms with E-state index in [-0.39, 0.29) is 5.96 Å². The second-order valence-corrected chi connectivity index (χ2v) is 3.00. The average molecular weight is 141 g/mol. The molecule has 10 heavy (non-hydrogen) atoms. The first-order valence-electron chi connectivity index (χ1n) is 3.83. The highest BCUT2D eigenvalue weighted by Gasteiger charge is 2.27. The van der Waals surface area contributed by atoms with Crippen molar-refractivity contribution in [3.05, 3.63) is 0 Å². The molecule has 0 aromatic rings. The highest BCUT2D eigenvalue weighted by atomic mass is 15.1. The molecule has 0 amide bonds. The molecule has 1 fully saturated rings. The summed E-state index contributed by atoms with van der Waals surface area (Å²) in [7, 11) is 0. The van der Waals surface area contributed by atoms with E-state index in [1.807, 2.05) is 0 Å². The summed E-state index contributed by atoms with van der Waals surface area (Å²) in [6.07, 6.45) is 3.64. The van der Waals surface area contributed by atoms with Crippen molar-refractivity contribution in [3.63, 3.8) is 0 Å². The highest BCUT2D eigenvalue weighted by Crippen LogP contribution is 2.29. The van der Waals surface area contributed by atoms with Crippen LogP contribution in [0.1, 0.15) is 26.2 Å². The summed E-state index contributed by atoms with van der Waals surface area (Å²) in [4.78, 5) is 0. The van der Waals surface area contributed by atoms with Crippen LogP contribution in [0.4, 0.5) is 0 Å². The smallest absolute Gasteiger partial charge is 0.185 e. The third kappa shape index (κ3) is 1.62. The van der Waals surface area contributed by atoms with Gasteiger partial charge in [-0.2, -0.15) is 0 Å². The van der Waals surface area contributed by atoms with Gasteiger partial charge >= 0.3 is 0 Å². The lowest BCUT2D eigenvalue weighted by atomic mass is 9.79. The lowest BCUT2D eigenvalue weighted by molar-refractivity contribution is 0.238. The fraction of sp³-hybridized carbons (Fsp3) is 0.857. The van der Waals surface area contributed by atoms with Crippen molar-refractivity contribution in [2.75, 3.05) is 0 Å². The molecule has 58 valence electrons. The molecule has 0 unspecified atom stereocenters. The van der Waals surface area contributed by atoms with E-state index in [2.05, 4.69) is 12.2 Å². The normalized spacial score (nSPS) is 30.9. The molecule has 3 nitrogen and oxygen atoms in total. The van der Waals surface area contributed by atoms with Crippen molar-refractivity contribution < 1.29 is 0 Å². The van der Waals surface area contributed by atoms with Gasteiger partial charge < -0.3 is 11.1 Å². The van der Waals surface area contributed by atoms with Crippen LogP contribution in [0.5, 0.6) is 0 Å². The summed E-state index contributed by atoms with van der Waals surface area (Å²) in [6.45, 7) is 2.20. The van der Waals surface area contributed by atoms with Crippen molar-refractivity contribution in [2.24, 2.45) is 11.7 Å². The zero-order valence-electron chi connectivity index (χ0n) is 6.35. The Kier molecular flexibility index (Phi) is 2.14. The highest BCUT2D eigenvalue weighted by molar-refractivity contribution is 5.74. The Bertz CT molecular complexity index is 127. The number of nitrogens with one attached hydrogen (secondary N) is 2. The van der Waals surface area contributed by atoms with Crippen LogP contribution in [0.3, 0.4) is 0 Å². The first-order valence-corrected chi connectivity index (χ1v) is 3.83. The molecule has 0 saturated heterocycles. The standard InChI is InChI=1S/C7H15N3/c1-2-5-3-6(4-5)10-7(8)9/h5-6H,2-4H2,1H3,(H4,8,9,10)/t5-,6+. The van der Waals surface area contributed by atoms with Crippen molar-refractivity contribution in [2.45, 2.75) is 32.2 Å². The van der Waals surface area contributed by atoms with Gasteiger partial charge in [-0.25, -0.2) is 0 Å². The van der Waals surface area contributed by atoms with Crippen molar-refractivity contribution in [1.29, 1.82) is 5.41 Å². The molecule has 0 radical (unpaired) electrons. The minimum atomic E-state index is 0.111. The van der Waals surface area contributed by atoms with Gasteiger partial charge in [0.1, 0.15) is 0 Å². The first-order chi connectivity index (χ1) is 4.72. The molecular formula is C7H15N3. The second-order valence-electron chi connectivity index (χ2n) is 3.00. The molecular weight excluding hydrogens is 126 g/mol. The van der Waals surface area contributed by atoms with Gasteiger partial charge in [-0.3, -0.25) is 5.41 Å². The van der Waals surface area contributed by atoms with Crippen LogP contribution in [0.2, 0.25) is 0 Å². The van der Waals surface area contributed by atoms with Crippen molar-refractivity contribution in [3.8, 4) is 0 Å². The van der Waals surface area contributed by atoms with Crippen LogP contribution in [0.25, 0.3) is 0 Å². The van der Waals surface area contributed by atoms with Gasteiger partial charge in [0.25, 0.3) is 0 Å². The molecule has 0 atom stereocenters. The lowest BCUT2D eigenvalue weighted by Crippen LogP contribution is -2.46. The Morgan fingerprint density at radius 1 is 1.70 bits per heavy atom. The lowest BCUT2D eigenvalue weighted by Gasteiger charge is -2.35. The second kappa shape index (κ2) is 2.90. The van der Waals surface area contributed by atoms with E-state index in [1.165, 1.54) is 19.3 Å². The minimum Gasteiger partial charge on any atom is -0.370 e.